The number of nitrogens with zero attached hydrogens (tertiary/aromatic N) is 2. The van der Waals surface area contributed by atoms with Crippen molar-refractivity contribution >= 4 is 17.7 Å². The Morgan fingerprint density at radius 2 is 2.10 bits per heavy atom. The summed E-state index contributed by atoms with van der Waals surface area (Å²) in [7, 11) is 1.43. The molecule has 0 bridgehead atoms. The number of benzene rings is 1. The van der Waals surface area contributed by atoms with Crippen LogP contribution in [0.15, 0.2) is 24.3 Å². The molecule has 0 spiro atoms. The van der Waals surface area contributed by atoms with Gasteiger partial charge in [-0.25, -0.2) is 9.59 Å². The number of nitriles is 1. The molecule has 0 aliphatic heterocycles. The van der Waals surface area contributed by atoms with Crippen molar-refractivity contribution in [2.75, 3.05) is 18.6 Å². The van der Waals surface area contributed by atoms with Gasteiger partial charge in [0.05, 0.1) is 11.3 Å². The third-order valence-corrected chi connectivity index (χ3v) is 2.70. The van der Waals surface area contributed by atoms with Crippen molar-refractivity contribution in [2.24, 2.45) is 0 Å². The summed E-state index contributed by atoms with van der Waals surface area (Å²) in [6, 6.07) is 6.59. The second kappa shape index (κ2) is 7.11. The molecule has 0 saturated heterocycles. The smallest absolute Gasteiger partial charge is 0.326 e. The minimum absolute atomic E-state index is 0.0885. The molecular weight excluding hydrogens is 262 g/mol. The number of aliphatic hydroxyl groups is 1. The van der Waals surface area contributed by atoms with Gasteiger partial charge in [-0.05, 0) is 12.1 Å². The molecule has 3 N–H and O–H groups in total. The second-order valence-electron chi connectivity index (χ2n) is 4.04. The highest BCUT2D eigenvalue weighted by atomic mass is 16.4. The lowest BCUT2D eigenvalue weighted by atomic mass is 10.2. The van der Waals surface area contributed by atoms with Crippen LogP contribution in [0.3, 0.4) is 0 Å². The summed E-state index contributed by atoms with van der Waals surface area (Å²) in [4.78, 5) is 24.0. The Labute approximate surface area is 116 Å². The maximum Gasteiger partial charge on any atom is 0.326 e. The quantitative estimate of drug-likeness (QED) is 0.726. The Hall–Kier alpha value is -2.59. The molecule has 1 aromatic rings. The van der Waals surface area contributed by atoms with Gasteiger partial charge in [0, 0.05) is 20.1 Å². The summed E-state index contributed by atoms with van der Waals surface area (Å²) in [6.07, 6.45) is -0.0885. The molecule has 1 atom stereocenters. The van der Waals surface area contributed by atoms with Crippen LogP contribution in [0.25, 0.3) is 0 Å². The summed E-state index contributed by atoms with van der Waals surface area (Å²) in [5, 5.41) is 28.9. The van der Waals surface area contributed by atoms with Crippen LogP contribution in [0.5, 0.6) is 0 Å². The highest BCUT2D eigenvalue weighted by Gasteiger charge is 2.22. The summed E-state index contributed by atoms with van der Waals surface area (Å²) in [5.74, 6) is -1.23. The number of carbonyl (C=O) groups excluding carboxylic acids is 1. The van der Waals surface area contributed by atoms with Gasteiger partial charge in [-0.3, -0.25) is 4.90 Å². The first-order valence-corrected chi connectivity index (χ1v) is 5.88. The van der Waals surface area contributed by atoms with Gasteiger partial charge >= 0.3 is 12.0 Å². The van der Waals surface area contributed by atoms with Crippen molar-refractivity contribution in [2.45, 2.75) is 12.5 Å². The number of carbonyl (C=O) groups is 2. The molecular formula is C13H15N3O4. The minimum Gasteiger partial charge on any atom is -0.480 e. The molecule has 0 unspecified atom stereocenters. The molecule has 0 aliphatic rings. The number of amides is 2. The largest absolute Gasteiger partial charge is 0.480 e. The zero-order valence-corrected chi connectivity index (χ0v) is 10.9. The molecule has 20 heavy (non-hydrogen) atoms. The van der Waals surface area contributed by atoms with Crippen LogP contribution in [-0.4, -0.2) is 41.9 Å². The topological polar surface area (TPSA) is 114 Å². The second-order valence-corrected chi connectivity index (χ2v) is 4.04. The third-order valence-electron chi connectivity index (χ3n) is 2.70. The van der Waals surface area contributed by atoms with E-state index in [1.54, 1.807) is 24.3 Å². The van der Waals surface area contributed by atoms with E-state index in [-0.39, 0.29) is 13.0 Å². The molecule has 0 saturated carbocycles. The third kappa shape index (κ3) is 3.70. The van der Waals surface area contributed by atoms with Gasteiger partial charge in [0.15, 0.2) is 0 Å². The summed E-state index contributed by atoms with van der Waals surface area (Å²) < 4.78 is 0. The van der Waals surface area contributed by atoms with Gasteiger partial charge in [-0.1, -0.05) is 12.1 Å². The summed E-state index contributed by atoms with van der Waals surface area (Å²) in [5.41, 5.74) is 0.680. The number of aliphatic hydroxyl groups excluding tert-OH is 1. The molecule has 0 heterocycles. The zero-order chi connectivity index (χ0) is 15.1. The fourth-order valence-corrected chi connectivity index (χ4v) is 1.60. The maximum absolute atomic E-state index is 12.0. The molecule has 0 fully saturated rings. The predicted octanol–water partition coefficient (Wildman–Crippen LogP) is 0.540. The zero-order valence-electron chi connectivity index (χ0n) is 10.9. The fraction of sp³-hybridized carbons (Fsp3) is 0.308. The normalized spacial score (nSPS) is 11.2. The fourth-order valence-electron chi connectivity index (χ4n) is 1.60. The first-order chi connectivity index (χ1) is 9.51. The molecule has 1 rings (SSSR count). The van der Waals surface area contributed by atoms with Gasteiger partial charge in [-0.15, -0.1) is 0 Å². The van der Waals surface area contributed by atoms with Crippen LogP contribution in [-0.2, 0) is 4.79 Å². The van der Waals surface area contributed by atoms with Gasteiger partial charge in [-0.2, -0.15) is 5.26 Å². The number of nitrogens with one attached hydrogen (secondary N) is 1. The average Bonchev–Trinajstić information content (AvgIpc) is 2.45. The molecule has 7 heteroatoms. The van der Waals surface area contributed by atoms with Crippen LogP contribution in [0.2, 0.25) is 0 Å². The average molecular weight is 277 g/mol. The Morgan fingerprint density at radius 1 is 1.45 bits per heavy atom. The molecule has 0 aliphatic carbocycles. The molecule has 106 valence electrons. The maximum atomic E-state index is 12.0. The number of carboxylic acids is 1. The number of anilines is 1. The SMILES string of the molecule is CN(C(=O)N[C@@H](CCO)C(=O)O)c1ccccc1C#N. The van der Waals surface area contributed by atoms with E-state index >= 15 is 0 Å². The van der Waals surface area contributed by atoms with Crippen molar-refractivity contribution in [3.05, 3.63) is 29.8 Å². The number of aliphatic carboxylic acids is 1. The molecule has 2 amide bonds. The van der Waals surface area contributed by atoms with Gasteiger partial charge < -0.3 is 15.5 Å². The molecule has 7 nitrogen and oxygen atoms in total. The van der Waals surface area contributed by atoms with Gasteiger partial charge in [0.2, 0.25) is 0 Å². The number of hydrogen-bond acceptors (Lipinski definition) is 4. The van der Waals surface area contributed by atoms with E-state index < -0.39 is 18.0 Å². The lowest BCUT2D eigenvalue weighted by molar-refractivity contribution is -0.139. The van der Waals surface area contributed by atoms with Gasteiger partial charge in [0.25, 0.3) is 0 Å². The lowest BCUT2D eigenvalue weighted by Crippen LogP contribution is -2.47. The van der Waals surface area contributed by atoms with Crippen molar-refractivity contribution in [1.82, 2.24) is 5.32 Å². The van der Waals surface area contributed by atoms with E-state index in [1.807, 2.05) is 6.07 Å². The van der Waals surface area contributed by atoms with Crippen LogP contribution in [0, 0.1) is 11.3 Å². The predicted molar refractivity (Wildman–Crippen MR) is 71.2 cm³/mol. The van der Waals surface area contributed by atoms with Crippen molar-refractivity contribution in [1.29, 1.82) is 5.26 Å². The Kier molecular flexibility index (Phi) is 5.50. The number of carboxylic acid groups (broad SMARTS) is 1. The molecule has 0 aromatic heterocycles. The van der Waals surface area contributed by atoms with Crippen molar-refractivity contribution in [3.63, 3.8) is 0 Å². The van der Waals surface area contributed by atoms with Crippen LogP contribution < -0.4 is 10.2 Å². The highest BCUT2D eigenvalue weighted by Crippen LogP contribution is 2.18. The van der Waals surface area contributed by atoms with E-state index in [0.717, 1.165) is 4.90 Å². The van der Waals surface area contributed by atoms with Crippen LogP contribution in [0.1, 0.15) is 12.0 Å². The first kappa shape index (κ1) is 15.5. The lowest BCUT2D eigenvalue weighted by Gasteiger charge is -2.21. The minimum atomic E-state index is -1.23. The Balaban J connectivity index is 2.86. The summed E-state index contributed by atoms with van der Waals surface area (Å²) in [6.45, 7) is -0.351. The van der Waals surface area contributed by atoms with E-state index in [2.05, 4.69) is 5.32 Å². The van der Waals surface area contributed by atoms with Crippen molar-refractivity contribution < 1.29 is 19.8 Å². The van der Waals surface area contributed by atoms with E-state index in [0.29, 0.717) is 11.3 Å². The van der Waals surface area contributed by atoms with Gasteiger partial charge in [0.1, 0.15) is 12.1 Å². The standard InChI is InChI=1S/C13H15N3O4/c1-16(11-5-3-2-4-9(11)8-14)13(20)15-10(6-7-17)12(18)19/h2-5,10,17H,6-7H2,1H3,(H,15,20)(H,18,19)/t10-/m0/s1. The van der Waals surface area contributed by atoms with Crippen LogP contribution >= 0.6 is 0 Å². The van der Waals surface area contributed by atoms with E-state index in [9.17, 15) is 9.59 Å². The van der Waals surface area contributed by atoms with Crippen molar-refractivity contribution in [3.8, 4) is 6.07 Å². The summed E-state index contributed by atoms with van der Waals surface area (Å²) >= 11 is 0. The number of hydrogen-bond donors (Lipinski definition) is 3. The number of para-hydroxylation sites is 1. The Morgan fingerprint density at radius 3 is 2.65 bits per heavy atom. The van der Waals surface area contributed by atoms with E-state index in [4.69, 9.17) is 15.5 Å². The molecule has 1 aromatic carbocycles. The highest BCUT2D eigenvalue weighted by molar-refractivity contribution is 5.95. The monoisotopic (exact) mass is 277 g/mol. The van der Waals surface area contributed by atoms with E-state index in [1.165, 1.54) is 7.05 Å². The Bertz CT molecular complexity index is 539. The number of urea groups is 1. The number of rotatable bonds is 5. The van der Waals surface area contributed by atoms with Crippen LogP contribution in [0.4, 0.5) is 10.5 Å². The first-order valence-electron chi connectivity index (χ1n) is 5.88. The molecule has 0 radical (unpaired) electrons.